The third-order valence-corrected chi connectivity index (χ3v) is 4.24. The van der Waals surface area contributed by atoms with Gasteiger partial charge in [-0.3, -0.25) is 0 Å². The number of unbranched alkanes of at least 4 members (excludes halogenated alkanes) is 9. The first-order chi connectivity index (χ1) is 14.8. The number of hydrogen-bond acceptors (Lipinski definition) is 7. The molecular weight excluding hydrogens is 541 g/mol. The van der Waals surface area contributed by atoms with Crippen LogP contribution in [0.25, 0.3) is 0 Å². The topological polar surface area (TPSA) is 143 Å². The molecule has 1 rings (SSSR count). The molecule has 0 saturated heterocycles. The molecule has 0 atom stereocenters. The van der Waals surface area contributed by atoms with Crippen LogP contribution in [0, 0.1) is 0 Å². The monoisotopic (exact) mass is 576 g/mol. The number of carbonyl (C=O) groups is 3. The van der Waals surface area contributed by atoms with E-state index in [0.717, 1.165) is 12.8 Å². The first kappa shape index (κ1) is 51.1. The van der Waals surface area contributed by atoms with Gasteiger partial charge in [0.2, 0.25) is 0 Å². The van der Waals surface area contributed by atoms with Crippen LogP contribution in [0.4, 0.5) is 0 Å². The normalized spacial score (nSPS) is 8.49. The fraction of sp³-hybridized carbons (Fsp3) is 0.625. The molecule has 11 heteroatoms. The van der Waals surface area contributed by atoms with E-state index >= 15 is 0 Å². The maximum Gasteiger partial charge on any atom is 1.00 e. The van der Waals surface area contributed by atoms with Gasteiger partial charge >= 0.3 is 184 Å². The second kappa shape index (κ2) is 41.8. The minimum atomic E-state index is -1.14. The van der Waals surface area contributed by atoms with Gasteiger partial charge < -0.3 is 34.8 Å². The Balaban J connectivity index is -0.0000000891. The van der Waals surface area contributed by atoms with Crippen molar-refractivity contribution in [3.8, 4) is 5.75 Å². The summed E-state index contributed by atoms with van der Waals surface area (Å²) in [6, 6.07) is 8.33. The Morgan fingerprint density at radius 3 is 1.11 bits per heavy atom. The van der Waals surface area contributed by atoms with Gasteiger partial charge in [0.05, 0.1) is 0 Å². The van der Waals surface area contributed by atoms with Crippen LogP contribution in [0.2, 0.25) is 0 Å². The molecule has 178 valence electrons. The van der Waals surface area contributed by atoms with Crippen molar-refractivity contribution in [1.82, 2.24) is 0 Å². The molecule has 0 heterocycles. The van der Waals surface area contributed by atoms with Crippen LogP contribution < -0.4 is 204 Å². The Hall–Kier alpha value is 3.34. The van der Waals surface area contributed by atoms with Crippen LogP contribution in [0.3, 0.4) is 0 Å². The number of carboxylic acid groups (broad SMARTS) is 3. The third-order valence-electron chi connectivity index (χ3n) is 4.24. The molecule has 0 aliphatic carbocycles. The first-order valence-corrected chi connectivity index (χ1v) is 11.1. The molecule has 0 unspecified atom stereocenters. The molecule has 0 saturated carbocycles. The Kier molecular flexibility index (Phi) is 61.1. The van der Waals surface area contributed by atoms with Crippen LogP contribution in [0.1, 0.15) is 96.8 Å². The van der Waals surface area contributed by atoms with Crippen LogP contribution in [0.15, 0.2) is 30.3 Å². The molecule has 0 bridgehead atoms. The molecule has 0 radical (unpaired) electrons. The number of rotatable bonds is 15. The number of para-hydroxylation sites is 1. The van der Waals surface area contributed by atoms with Crippen LogP contribution >= 0.6 is 0 Å². The first-order valence-electron chi connectivity index (χ1n) is 11.1. The van der Waals surface area contributed by atoms with Crippen LogP contribution in [-0.2, 0) is 14.4 Å². The molecule has 1 aromatic rings. The van der Waals surface area contributed by atoms with E-state index < -0.39 is 17.9 Å². The van der Waals surface area contributed by atoms with Crippen LogP contribution in [0.5, 0.6) is 5.75 Å². The summed E-state index contributed by atoms with van der Waals surface area (Å²) in [5.74, 6) is -3.12. The van der Waals surface area contributed by atoms with Crippen molar-refractivity contribution in [1.29, 1.82) is 0 Å². The fourth-order valence-corrected chi connectivity index (χ4v) is 2.54. The molecule has 0 aromatic heterocycles. The fourth-order valence-electron chi connectivity index (χ4n) is 2.54. The second-order valence-electron chi connectivity index (χ2n) is 7.21. The molecule has 0 fully saturated rings. The third kappa shape index (κ3) is 54.2. The smallest absolute Gasteiger partial charge is 0.872 e. The van der Waals surface area contributed by atoms with Gasteiger partial charge in [-0.25, -0.2) is 0 Å². The van der Waals surface area contributed by atoms with E-state index in [0.29, 0.717) is 12.8 Å². The predicted octanol–water partition coefficient (Wildman–Crippen LogP) is -10.5. The number of carboxylic acids is 3. The van der Waals surface area contributed by atoms with Crippen molar-refractivity contribution in [3.63, 3.8) is 0 Å². The van der Waals surface area contributed by atoms with E-state index in [2.05, 4.69) is 6.92 Å². The number of aliphatic carboxylic acids is 3. The number of hydrogen-bond donors (Lipinski definition) is 0. The summed E-state index contributed by atoms with van der Waals surface area (Å²) in [4.78, 5) is 29.6. The zero-order chi connectivity index (χ0) is 23.7. The standard InChI is InChI=1S/C12H24O2.C6H10O4.C6H6O.3K.Na/c1-2-3-4-5-6-7-8-9-10-11-12(13)14;7-5(8)3-1-2-4-6(9)10;7-6-4-2-1-3-5-6;;;;/h2-11H2,1H3,(H,13,14);1-4H2,(H,7,8)(H,9,10);1-5,7H;;;;/q;;;4*+1/p-4. The summed E-state index contributed by atoms with van der Waals surface area (Å²) in [5.41, 5.74) is 0. The van der Waals surface area contributed by atoms with Gasteiger partial charge in [-0.1, -0.05) is 88.6 Å². The molecule has 7 nitrogen and oxygen atoms in total. The molecule has 0 N–H and O–H groups in total. The zero-order valence-corrected chi connectivity index (χ0v) is 34.0. The van der Waals surface area contributed by atoms with Crippen molar-refractivity contribution < 1.29 is 219 Å². The van der Waals surface area contributed by atoms with Gasteiger partial charge in [0.25, 0.3) is 0 Å². The largest absolute Gasteiger partial charge is 1.00 e. The van der Waals surface area contributed by atoms with Gasteiger partial charge in [0, 0.05) is 17.9 Å². The molecule has 0 amide bonds. The Bertz CT molecular complexity index is 563. The minimum absolute atomic E-state index is 0. The quantitative estimate of drug-likeness (QED) is 0.149. The zero-order valence-electron chi connectivity index (χ0n) is 22.6. The van der Waals surface area contributed by atoms with E-state index in [9.17, 15) is 34.8 Å². The Labute approximate surface area is 361 Å². The second-order valence-corrected chi connectivity index (χ2v) is 7.21. The summed E-state index contributed by atoms with van der Waals surface area (Å²) in [7, 11) is 0. The predicted molar refractivity (Wildman–Crippen MR) is 111 cm³/mol. The Morgan fingerprint density at radius 1 is 0.571 bits per heavy atom. The van der Waals surface area contributed by atoms with E-state index in [1.807, 2.05) is 6.07 Å². The van der Waals surface area contributed by atoms with Crippen molar-refractivity contribution in [2.45, 2.75) is 96.8 Å². The van der Waals surface area contributed by atoms with Gasteiger partial charge in [0.15, 0.2) is 0 Å². The van der Waals surface area contributed by atoms with Crippen molar-refractivity contribution in [3.05, 3.63) is 30.3 Å². The average molecular weight is 577 g/mol. The molecule has 35 heavy (non-hydrogen) atoms. The Morgan fingerprint density at radius 2 is 0.857 bits per heavy atom. The van der Waals surface area contributed by atoms with E-state index in [1.54, 1.807) is 12.1 Å². The van der Waals surface area contributed by atoms with Gasteiger partial charge in [-0.15, -0.1) is 5.75 Å². The molecular formula is C24H36K3NaO7. The minimum Gasteiger partial charge on any atom is -0.872 e. The summed E-state index contributed by atoms with van der Waals surface area (Å²) in [6.07, 6.45) is 11.7. The average Bonchev–Trinajstić information content (AvgIpc) is 2.71. The molecule has 0 spiro atoms. The number of carbonyl (C=O) groups excluding carboxylic acids is 3. The molecule has 1 aromatic carbocycles. The van der Waals surface area contributed by atoms with E-state index in [4.69, 9.17) is 0 Å². The summed E-state index contributed by atoms with van der Waals surface area (Å²) >= 11 is 0. The summed E-state index contributed by atoms with van der Waals surface area (Å²) in [6.45, 7) is 2.22. The summed E-state index contributed by atoms with van der Waals surface area (Å²) in [5, 5.41) is 39.9. The van der Waals surface area contributed by atoms with Crippen molar-refractivity contribution in [2.24, 2.45) is 0 Å². The van der Waals surface area contributed by atoms with Crippen molar-refractivity contribution >= 4 is 17.9 Å². The van der Waals surface area contributed by atoms with E-state index in [1.165, 1.54) is 57.1 Å². The SMILES string of the molecule is CCCCCCCCCCCC(=O)[O-].O=C([O-])CCCCC(=O)[O-].[K+].[K+].[K+].[Na+].[O-]c1ccccc1. The maximum absolute atomic E-state index is 10.3. The maximum atomic E-state index is 10.3. The molecule has 0 aliphatic heterocycles. The van der Waals surface area contributed by atoms with Gasteiger partial charge in [0.1, 0.15) is 0 Å². The van der Waals surface area contributed by atoms with E-state index in [-0.39, 0.29) is 209 Å². The van der Waals surface area contributed by atoms with Gasteiger partial charge in [-0.05, 0) is 38.5 Å². The van der Waals surface area contributed by atoms with Crippen molar-refractivity contribution in [2.75, 3.05) is 0 Å². The van der Waals surface area contributed by atoms with Crippen LogP contribution in [-0.4, -0.2) is 17.9 Å². The number of benzene rings is 1. The molecule has 0 aliphatic rings. The van der Waals surface area contributed by atoms with Gasteiger partial charge in [-0.2, -0.15) is 0 Å². The summed E-state index contributed by atoms with van der Waals surface area (Å²) < 4.78 is 0.